The molecule has 6 nitrogen and oxygen atoms in total. The maximum absolute atomic E-state index is 10.9. The van der Waals surface area contributed by atoms with Crippen LogP contribution in [0.5, 0.6) is 0 Å². The smallest absolute Gasteiger partial charge is 0.334 e. The molecule has 1 N–H and O–H groups in total. The Morgan fingerprint density at radius 1 is 1.44 bits per heavy atom. The van der Waals surface area contributed by atoms with E-state index in [1.54, 1.807) is 25.7 Å². The molecule has 0 saturated heterocycles. The second-order valence-electron chi connectivity index (χ2n) is 4.03. The van der Waals surface area contributed by atoms with E-state index >= 15 is 0 Å². The Morgan fingerprint density at radius 2 is 1.89 bits per heavy atom. The zero-order chi connectivity index (χ0) is 14.9. The summed E-state index contributed by atoms with van der Waals surface area (Å²) < 4.78 is 32.5. The van der Waals surface area contributed by atoms with Crippen molar-refractivity contribution in [3.63, 3.8) is 0 Å². The van der Waals surface area contributed by atoms with Crippen molar-refractivity contribution in [3.05, 3.63) is 12.2 Å². The fourth-order valence-corrected chi connectivity index (χ4v) is 1.13. The average Bonchev–Trinajstić information content (AvgIpc) is 2.16. The summed E-state index contributed by atoms with van der Waals surface area (Å²) >= 11 is 0. The Bertz CT molecular complexity index is 362. The average molecular weight is 281 g/mol. The Hall–Kier alpha value is -0.920. The summed E-state index contributed by atoms with van der Waals surface area (Å²) in [5.74, 6) is -0.473. The van der Waals surface area contributed by atoms with Gasteiger partial charge in [-0.05, 0) is 34.4 Å². The molecule has 0 saturated carbocycles. The topological polar surface area (TPSA) is 83.9 Å². The van der Waals surface area contributed by atoms with Gasteiger partial charge >= 0.3 is 5.97 Å². The van der Waals surface area contributed by atoms with Gasteiger partial charge in [0.25, 0.3) is 10.1 Å². The molecule has 0 aromatic carbocycles. The van der Waals surface area contributed by atoms with E-state index in [2.05, 4.69) is 6.58 Å². The number of nitrogens with zero attached hydrogens (tertiary/aromatic N) is 1. The Morgan fingerprint density at radius 3 is 2.06 bits per heavy atom. The molecule has 0 aliphatic carbocycles. The van der Waals surface area contributed by atoms with Crippen molar-refractivity contribution in [2.75, 3.05) is 19.8 Å². The molecule has 0 rings (SSSR count). The van der Waals surface area contributed by atoms with Gasteiger partial charge in [0.1, 0.15) is 0 Å². The van der Waals surface area contributed by atoms with Gasteiger partial charge in [-0.25, -0.2) is 4.79 Å². The monoisotopic (exact) mass is 281 g/mol. The van der Waals surface area contributed by atoms with E-state index < -0.39 is 10.1 Å². The fraction of sp³-hybridized carbons (Fsp3) is 0.727. The first-order chi connectivity index (χ1) is 8.01. The maximum Gasteiger partial charge on any atom is 0.334 e. The van der Waals surface area contributed by atoms with Crippen LogP contribution in [-0.4, -0.2) is 49.9 Å². The molecule has 0 amide bonds. The third-order valence-electron chi connectivity index (χ3n) is 1.82. The van der Waals surface area contributed by atoms with Gasteiger partial charge in [0, 0.05) is 5.57 Å². The van der Waals surface area contributed by atoms with Crippen LogP contribution in [0.3, 0.4) is 0 Å². The van der Waals surface area contributed by atoms with Crippen LogP contribution in [0.1, 0.15) is 27.2 Å². The number of rotatable bonds is 5. The third kappa shape index (κ3) is 13.1. The maximum atomic E-state index is 10.9. The van der Waals surface area contributed by atoms with Crippen LogP contribution in [0.2, 0.25) is 0 Å². The highest BCUT2D eigenvalue weighted by Gasteiger charge is 2.10. The van der Waals surface area contributed by atoms with Crippen LogP contribution in [-0.2, 0) is 19.6 Å². The lowest BCUT2D eigenvalue weighted by Gasteiger charge is -2.19. The van der Waals surface area contributed by atoms with E-state index in [4.69, 9.17) is 9.29 Å². The van der Waals surface area contributed by atoms with Crippen molar-refractivity contribution < 1.29 is 22.5 Å². The molecular weight excluding hydrogens is 258 g/mol. The van der Waals surface area contributed by atoms with Crippen LogP contribution in [0.15, 0.2) is 12.2 Å². The van der Waals surface area contributed by atoms with Gasteiger partial charge in [-0.2, -0.15) is 8.42 Å². The van der Waals surface area contributed by atoms with E-state index in [-0.39, 0.29) is 18.0 Å². The summed E-state index contributed by atoms with van der Waals surface area (Å²) in [6.07, 6.45) is 0.276. The van der Waals surface area contributed by atoms with E-state index in [1.165, 1.54) is 0 Å². The molecule has 0 aromatic rings. The van der Waals surface area contributed by atoms with Crippen LogP contribution in [0.25, 0.3) is 0 Å². The molecule has 0 radical (unpaired) electrons. The zero-order valence-electron chi connectivity index (χ0n) is 11.6. The van der Waals surface area contributed by atoms with Gasteiger partial charge in [-0.1, -0.05) is 13.5 Å². The molecule has 0 aromatic heterocycles. The largest absolute Gasteiger partial charge is 0.443 e. The molecule has 1 unspecified atom stereocenters. The Balaban J connectivity index is 0. The van der Waals surface area contributed by atoms with Gasteiger partial charge in [0.2, 0.25) is 0 Å². The molecule has 0 fully saturated rings. The second kappa shape index (κ2) is 9.07. The van der Waals surface area contributed by atoms with E-state index in [9.17, 15) is 13.2 Å². The van der Waals surface area contributed by atoms with Crippen molar-refractivity contribution >= 4 is 16.1 Å². The van der Waals surface area contributed by atoms with Gasteiger partial charge in [0.05, 0.1) is 5.75 Å². The predicted molar refractivity (Wildman–Crippen MR) is 70.8 cm³/mol. The van der Waals surface area contributed by atoms with Crippen LogP contribution in [0, 0.1) is 0 Å². The lowest BCUT2D eigenvalue weighted by Crippen LogP contribution is -2.30. The van der Waals surface area contributed by atoms with E-state index in [0.717, 1.165) is 0 Å². The highest BCUT2D eigenvalue weighted by atomic mass is 32.2. The number of hydrogen-bond donors (Lipinski definition) is 1. The first kappa shape index (κ1) is 19.4. The minimum Gasteiger partial charge on any atom is -0.443 e. The summed E-state index contributed by atoms with van der Waals surface area (Å²) in [5, 5.41) is 0. The third-order valence-corrected chi connectivity index (χ3v) is 2.74. The molecule has 18 heavy (non-hydrogen) atoms. The summed E-state index contributed by atoms with van der Waals surface area (Å²) in [5.41, 5.74) is 0.429. The van der Waals surface area contributed by atoms with Crippen LogP contribution >= 0.6 is 0 Å². The summed E-state index contributed by atoms with van der Waals surface area (Å²) in [4.78, 5) is 12.7. The van der Waals surface area contributed by atoms with Gasteiger partial charge < -0.3 is 4.74 Å². The van der Waals surface area contributed by atoms with Gasteiger partial charge in [0.15, 0.2) is 6.23 Å². The van der Waals surface area contributed by atoms with Crippen molar-refractivity contribution in [1.29, 1.82) is 0 Å². The van der Waals surface area contributed by atoms with Crippen molar-refractivity contribution in [2.24, 2.45) is 0 Å². The first-order valence-electron chi connectivity index (χ1n) is 5.49. The van der Waals surface area contributed by atoms with E-state index in [1.807, 2.05) is 14.1 Å². The number of esters is 1. The quantitative estimate of drug-likeness (QED) is 0.354. The summed E-state index contributed by atoms with van der Waals surface area (Å²) in [6.45, 7) is 8.60. The second-order valence-corrected chi connectivity index (χ2v) is 5.61. The summed E-state index contributed by atoms with van der Waals surface area (Å²) in [7, 11) is 0.0130. The predicted octanol–water partition coefficient (Wildman–Crippen LogP) is 1.30. The molecule has 7 heteroatoms. The highest BCUT2D eigenvalue weighted by Crippen LogP contribution is 1.99. The minimum absolute atomic E-state index is 0.132. The van der Waals surface area contributed by atoms with Gasteiger partial charge in [-0.15, -0.1) is 0 Å². The van der Waals surface area contributed by atoms with Crippen molar-refractivity contribution in [3.8, 4) is 0 Å². The highest BCUT2D eigenvalue weighted by molar-refractivity contribution is 7.85. The number of carbonyl (C=O) groups is 1. The molecule has 0 spiro atoms. The molecule has 0 aliphatic heterocycles. The molecule has 0 aliphatic rings. The minimum atomic E-state index is -3.67. The van der Waals surface area contributed by atoms with E-state index in [0.29, 0.717) is 12.0 Å². The molecule has 1 atom stereocenters. The molecule has 0 bridgehead atoms. The van der Waals surface area contributed by atoms with Crippen LogP contribution in [0.4, 0.5) is 0 Å². The van der Waals surface area contributed by atoms with Gasteiger partial charge in [-0.3, -0.25) is 9.45 Å². The van der Waals surface area contributed by atoms with Crippen molar-refractivity contribution in [2.45, 2.75) is 33.4 Å². The molecule has 0 heterocycles. The van der Waals surface area contributed by atoms with Crippen LogP contribution < -0.4 is 0 Å². The summed E-state index contributed by atoms with van der Waals surface area (Å²) in [6, 6.07) is 0. The molecular formula is C11H23NO5S. The number of carbonyl (C=O) groups excluding carboxylic acids is 1. The lowest BCUT2D eigenvalue weighted by molar-refractivity contribution is -0.150. The molecule has 108 valence electrons. The lowest BCUT2D eigenvalue weighted by atomic mass is 10.4. The standard InChI is InChI=1S/C8H15NO2.C3H8O3S/c1-6(2)8(10)11-7(3)9(4)5;1-2-3-7(4,5)6/h7H,1H2,2-5H3;2-3H2,1H3,(H,4,5,6). The fourth-order valence-electron chi connectivity index (χ4n) is 0.619. The SMILES string of the molecule is C=C(C)C(=O)OC(C)N(C)C.CCCS(=O)(=O)O. The Labute approximate surface area is 109 Å². The zero-order valence-corrected chi connectivity index (χ0v) is 12.5. The Kier molecular flexibility index (Phi) is 9.78. The number of hydrogen-bond acceptors (Lipinski definition) is 5. The first-order valence-corrected chi connectivity index (χ1v) is 7.10. The van der Waals surface area contributed by atoms with Crippen molar-refractivity contribution in [1.82, 2.24) is 4.90 Å². The number of ether oxygens (including phenoxy) is 1. The normalized spacial score (nSPS) is 12.4.